The van der Waals surface area contributed by atoms with Crippen molar-refractivity contribution in [3.05, 3.63) is 27.0 Å². The van der Waals surface area contributed by atoms with Crippen molar-refractivity contribution < 1.29 is 10.2 Å². The van der Waals surface area contributed by atoms with E-state index in [1.807, 2.05) is 6.20 Å². The molecule has 0 spiro atoms. The summed E-state index contributed by atoms with van der Waals surface area (Å²) in [5.74, 6) is 0. The third kappa shape index (κ3) is 6.14. The van der Waals surface area contributed by atoms with Crippen LogP contribution in [0.1, 0.15) is 71.1 Å². The Morgan fingerprint density at radius 3 is 2.10 bits per heavy atom. The molecule has 6 nitrogen and oxygen atoms in total. The third-order valence-corrected chi connectivity index (χ3v) is 23.3. The number of unbranched alkanes of at least 4 members (excludes halogenated alkanes) is 3. The average Bonchev–Trinajstić information content (AvgIpc) is 3.08. The normalized spacial score (nSPS) is 22.3. The maximum atomic E-state index is 13.0. The number of hydrogen-bond acceptors (Lipinski definition) is 5. The van der Waals surface area contributed by atoms with Crippen LogP contribution < -0.4 is 14.8 Å². The van der Waals surface area contributed by atoms with Gasteiger partial charge in [-0.2, -0.15) is 0 Å². The Morgan fingerprint density at radius 2 is 1.66 bits per heavy atom. The molecule has 1 aromatic rings. The molecule has 0 amide bonds. The number of aliphatic hydroxyl groups is 2. The van der Waals surface area contributed by atoms with Gasteiger partial charge in [0.1, 0.15) is 0 Å². The zero-order valence-electron chi connectivity index (χ0n) is 18.2. The maximum absolute atomic E-state index is 13.0. The van der Waals surface area contributed by atoms with E-state index in [-0.39, 0.29) is 22.8 Å². The molecule has 0 saturated carbocycles. The molecule has 0 aliphatic carbocycles. The molecule has 1 saturated heterocycles. The molecular weight excluding hydrogens is 495 g/mol. The van der Waals surface area contributed by atoms with Crippen LogP contribution in [0, 0.1) is 0 Å². The molecule has 166 valence electrons. The first-order chi connectivity index (χ1) is 13.9. The number of H-pyrrole nitrogens is 1. The van der Waals surface area contributed by atoms with Crippen molar-refractivity contribution in [2.75, 3.05) is 6.61 Å². The van der Waals surface area contributed by atoms with Crippen molar-refractivity contribution in [1.82, 2.24) is 9.55 Å². The summed E-state index contributed by atoms with van der Waals surface area (Å²) in [6, 6.07) is 0. The predicted octanol–water partition coefficient (Wildman–Crippen LogP) is 2.95. The van der Waals surface area contributed by atoms with Gasteiger partial charge in [-0.1, -0.05) is 0 Å². The first kappa shape index (κ1) is 25.0. The number of rotatable bonds is 12. The fraction of sp³-hybridized carbons (Fsp3) is 0.810. The minimum atomic E-state index is -2.99. The zero-order chi connectivity index (χ0) is 21.4. The van der Waals surface area contributed by atoms with Crippen LogP contribution in [-0.4, -0.2) is 56.1 Å². The number of nitrogens with zero attached hydrogens (tertiary/aromatic N) is 1. The Morgan fingerprint density at radius 1 is 1.10 bits per heavy atom. The summed E-state index contributed by atoms with van der Waals surface area (Å²) in [7, 11) is 0. The van der Waals surface area contributed by atoms with E-state index in [0.717, 1.165) is 55.4 Å². The second-order valence-electron chi connectivity index (χ2n) is 8.42. The standard InChI is InChI=1S/C9H11N2O4S.3C4H9.Sn/c12-4-6-5(13)3-8(16-6)11-2-1-7(14)10-9(11)15;3*1-3-4-2;/h2,5-6,8,12-13H,3-4H2,(H,10,14,15);3*1,3-4H2,2H3;/t5-,6+,8+;;;;/m0..../s1. The molecule has 0 bridgehead atoms. The predicted molar refractivity (Wildman–Crippen MR) is 124 cm³/mol. The zero-order valence-corrected chi connectivity index (χ0v) is 21.8. The van der Waals surface area contributed by atoms with E-state index in [4.69, 9.17) is 0 Å². The third-order valence-electron chi connectivity index (χ3n) is 6.26. The van der Waals surface area contributed by atoms with Crippen LogP contribution in [0.3, 0.4) is 0 Å². The summed E-state index contributed by atoms with van der Waals surface area (Å²) in [5, 5.41) is 19.1. The Labute approximate surface area is 182 Å². The van der Waals surface area contributed by atoms with E-state index in [2.05, 4.69) is 25.8 Å². The molecule has 2 rings (SSSR count). The molecule has 0 radical (unpaired) electrons. The Hall–Kier alpha value is -0.251. The number of aromatic amines is 1. The molecule has 29 heavy (non-hydrogen) atoms. The van der Waals surface area contributed by atoms with Crippen LogP contribution >= 0.6 is 11.8 Å². The summed E-state index contributed by atoms with van der Waals surface area (Å²) >= 11 is -1.56. The summed E-state index contributed by atoms with van der Waals surface area (Å²) in [6.45, 7) is 6.49. The van der Waals surface area contributed by atoms with Crippen molar-refractivity contribution in [3.63, 3.8) is 0 Å². The van der Waals surface area contributed by atoms with Crippen LogP contribution in [0.2, 0.25) is 13.3 Å². The van der Waals surface area contributed by atoms with Gasteiger partial charge in [-0.25, -0.2) is 0 Å². The molecule has 0 aromatic carbocycles. The fourth-order valence-corrected chi connectivity index (χ4v) is 21.8. The van der Waals surface area contributed by atoms with Crippen LogP contribution in [0.5, 0.6) is 0 Å². The van der Waals surface area contributed by atoms with Crippen LogP contribution in [0.15, 0.2) is 15.8 Å². The molecule has 1 aliphatic heterocycles. The Kier molecular flexibility index (Phi) is 10.3. The molecule has 8 heteroatoms. The van der Waals surface area contributed by atoms with Crippen LogP contribution in [-0.2, 0) is 0 Å². The number of nitrogens with one attached hydrogen (secondary N) is 1. The SMILES string of the molecule is CCC[CH2][Sn]([CH2]CCC)([CH2]CCC)[c]1cn([C@H]2C[C@H](O)[C@@H](CO)S2)c(=O)[nH]c1=O. The van der Waals surface area contributed by atoms with Gasteiger partial charge in [-0.15, -0.1) is 0 Å². The molecule has 3 N–H and O–H groups in total. The summed E-state index contributed by atoms with van der Waals surface area (Å²) in [4.78, 5) is 28.3. The summed E-state index contributed by atoms with van der Waals surface area (Å²) < 4.78 is 6.04. The second kappa shape index (κ2) is 12.0. The first-order valence-electron chi connectivity index (χ1n) is 11.2. The molecule has 1 aromatic heterocycles. The van der Waals surface area contributed by atoms with E-state index in [0.29, 0.717) is 6.42 Å². The van der Waals surface area contributed by atoms with Crippen molar-refractivity contribution in [2.45, 2.75) is 95.8 Å². The molecule has 3 atom stereocenters. The van der Waals surface area contributed by atoms with Gasteiger partial charge in [0.2, 0.25) is 0 Å². The fourth-order valence-electron chi connectivity index (χ4n) is 4.45. The van der Waals surface area contributed by atoms with Gasteiger partial charge in [-0.3, -0.25) is 0 Å². The molecule has 0 unspecified atom stereocenters. The molecule has 2 heterocycles. The molecule has 1 fully saturated rings. The van der Waals surface area contributed by atoms with Crippen molar-refractivity contribution in [2.24, 2.45) is 0 Å². The van der Waals surface area contributed by atoms with Gasteiger partial charge in [0.25, 0.3) is 0 Å². The molecular formula is C21H38N2O4SSn. The summed E-state index contributed by atoms with van der Waals surface area (Å²) in [5.41, 5.74) is -0.573. The van der Waals surface area contributed by atoms with E-state index < -0.39 is 30.2 Å². The number of hydrogen-bond donors (Lipinski definition) is 3. The van der Waals surface area contributed by atoms with Crippen LogP contribution in [0.25, 0.3) is 0 Å². The van der Waals surface area contributed by atoms with E-state index in [9.17, 15) is 19.8 Å². The monoisotopic (exact) mass is 534 g/mol. The second-order valence-corrected chi connectivity index (χ2v) is 23.0. The summed E-state index contributed by atoms with van der Waals surface area (Å²) in [6.07, 6.45) is 8.45. The number of aromatic nitrogens is 2. The number of aliphatic hydroxyl groups excluding tert-OH is 2. The van der Waals surface area contributed by atoms with E-state index in [1.165, 1.54) is 11.8 Å². The van der Waals surface area contributed by atoms with Crippen LogP contribution in [0.4, 0.5) is 0 Å². The van der Waals surface area contributed by atoms with Gasteiger partial charge in [0.15, 0.2) is 0 Å². The van der Waals surface area contributed by atoms with E-state index in [1.54, 1.807) is 4.57 Å². The van der Waals surface area contributed by atoms with Gasteiger partial charge in [0.05, 0.1) is 0 Å². The first-order valence-corrected chi connectivity index (χ1v) is 19.6. The van der Waals surface area contributed by atoms with Crippen molar-refractivity contribution in [3.8, 4) is 0 Å². The van der Waals surface area contributed by atoms with E-state index >= 15 is 0 Å². The molecule has 1 aliphatic rings. The van der Waals surface area contributed by atoms with Crippen molar-refractivity contribution in [1.29, 1.82) is 0 Å². The van der Waals surface area contributed by atoms with Gasteiger partial charge in [0, 0.05) is 0 Å². The Balaban J connectivity index is 2.51. The average molecular weight is 533 g/mol. The quantitative estimate of drug-likeness (QED) is 0.360. The van der Waals surface area contributed by atoms with Crippen molar-refractivity contribution >= 4 is 33.7 Å². The topological polar surface area (TPSA) is 95.3 Å². The van der Waals surface area contributed by atoms with Gasteiger partial charge >= 0.3 is 183 Å². The Bertz CT molecular complexity index is 729. The van der Waals surface area contributed by atoms with Gasteiger partial charge < -0.3 is 0 Å². The van der Waals surface area contributed by atoms with Gasteiger partial charge in [-0.05, 0) is 0 Å². The number of thioether (sulfide) groups is 1. The minimum absolute atomic E-state index is 0.111.